The third-order valence-electron chi connectivity index (χ3n) is 4.60. The molecule has 1 aliphatic heterocycles. The van der Waals surface area contributed by atoms with Gasteiger partial charge >= 0.3 is 0 Å². The van der Waals surface area contributed by atoms with Gasteiger partial charge in [-0.2, -0.15) is 0 Å². The highest BCUT2D eigenvalue weighted by Crippen LogP contribution is 2.24. The number of benzene rings is 2. The maximum Gasteiger partial charge on any atom is 0.238 e. The van der Waals surface area contributed by atoms with E-state index in [2.05, 4.69) is 42.3 Å². The van der Waals surface area contributed by atoms with E-state index in [9.17, 15) is 4.79 Å². The Bertz CT molecular complexity index is 707. The van der Waals surface area contributed by atoms with Crippen molar-refractivity contribution in [1.82, 2.24) is 4.90 Å². The number of hydrogen-bond acceptors (Lipinski definition) is 3. The quantitative estimate of drug-likeness (QED) is 0.902. The zero-order valence-corrected chi connectivity index (χ0v) is 15.0. The second kappa shape index (κ2) is 8.17. The van der Waals surface area contributed by atoms with Crippen molar-refractivity contribution < 1.29 is 9.53 Å². The number of rotatable bonds is 5. The summed E-state index contributed by atoms with van der Waals surface area (Å²) in [6.07, 6.45) is 2.13. The minimum atomic E-state index is 0.0418. The number of carbonyl (C=O) groups is 1. The number of para-hydroxylation sites is 1. The molecule has 0 aliphatic carbocycles. The number of aryl methyl sites for hydroxylation is 2. The SMILES string of the molecule is Cc1ccc(C)c(OC2CCN(CC(=O)Nc3ccccc3)CC2)c1. The number of carbonyl (C=O) groups excluding carboxylic acids is 1. The van der Waals surface area contributed by atoms with E-state index in [1.165, 1.54) is 11.1 Å². The molecule has 0 spiro atoms. The second-order valence-corrected chi connectivity index (χ2v) is 6.78. The van der Waals surface area contributed by atoms with Crippen molar-refractivity contribution in [2.45, 2.75) is 32.8 Å². The van der Waals surface area contributed by atoms with Gasteiger partial charge in [-0.1, -0.05) is 30.3 Å². The Kier molecular flexibility index (Phi) is 5.71. The highest BCUT2D eigenvalue weighted by atomic mass is 16.5. The van der Waals surface area contributed by atoms with Crippen LogP contribution in [0.5, 0.6) is 5.75 Å². The predicted molar refractivity (Wildman–Crippen MR) is 101 cm³/mol. The molecule has 0 bridgehead atoms. The highest BCUT2D eigenvalue weighted by molar-refractivity contribution is 5.92. The van der Waals surface area contributed by atoms with Crippen molar-refractivity contribution in [2.75, 3.05) is 25.0 Å². The van der Waals surface area contributed by atoms with Crippen LogP contribution in [0.4, 0.5) is 5.69 Å². The highest BCUT2D eigenvalue weighted by Gasteiger charge is 2.22. The summed E-state index contributed by atoms with van der Waals surface area (Å²) >= 11 is 0. The van der Waals surface area contributed by atoms with E-state index in [1.807, 2.05) is 30.3 Å². The van der Waals surface area contributed by atoms with Gasteiger partial charge in [0.1, 0.15) is 11.9 Å². The molecule has 2 aromatic rings. The van der Waals surface area contributed by atoms with Gasteiger partial charge in [0.2, 0.25) is 5.91 Å². The molecule has 1 amide bonds. The average molecular weight is 338 g/mol. The third-order valence-corrected chi connectivity index (χ3v) is 4.60. The van der Waals surface area contributed by atoms with Crippen LogP contribution in [0.2, 0.25) is 0 Å². The van der Waals surface area contributed by atoms with Crippen LogP contribution in [0.3, 0.4) is 0 Å². The fourth-order valence-corrected chi connectivity index (χ4v) is 3.12. The van der Waals surface area contributed by atoms with Crippen molar-refractivity contribution >= 4 is 11.6 Å². The van der Waals surface area contributed by atoms with E-state index in [1.54, 1.807) is 0 Å². The van der Waals surface area contributed by atoms with Crippen LogP contribution < -0.4 is 10.1 Å². The molecular weight excluding hydrogens is 312 g/mol. The topological polar surface area (TPSA) is 41.6 Å². The Hall–Kier alpha value is -2.33. The summed E-state index contributed by atoms with van der Waals surface area (Å²) in [5, 5.41) is 2.94. The largest absolute Gasteiger partial charge is 0.490 e. The smallest absolute Gasteiger partial charge is 0.238 e. The summed E-state index contributed by atoms with van der Waals surface area (Å²) < 4.78 is 6.19. The standard InChI is InChI=1S/C21H26N2O2/c1-16-8-9-17(2)20(14-16)25-19-10-12-23(13-11-19)15-21(24)22-18-6-4-3-5-7-18/h3-9,14,19H,10-13,15H2,1-2H3,(H,22,24). The van der Waals surface area contributed by atoms with Crippen molar-refractivity contribution in [3.8, 4) is 5.75 Å². The Morgan fingerprint density at radius 1 is 1.12 bits per heavy atom. The van der Waals surface area contributed by atoms with E-state index in [0.717, 1.165) is 37.4 Å². The van der Waals surface area contributed by atoms with Crippen LogP contribution in [0, 0.1) is 13.8 Å². The lowest BCUT2D eigenvalue weighted by Crippen LogP contribution is -2.42. The molecular formula is C21H26N2O2. The van der Waals surface area contributed by atoms with E-state index >= 15 is 0 Å². The monoisotopic (exact) mass is 338 g/mol. The van der Waals surface area contributed by atoms with Crippen molar-refractivity contribution in [3.63, 3.8) is 0 Å². The molecule has 0 atom stereocenters. The number of piperidine rings is 1. The van der Waals surface area contributed by atoms with Crippen LogP contribution in [0.25, 0.3) is 0 Å². The Morgan fingerprint density at radius 3 is 2.56 bits per heavy atom. The van der Waals surface area contributed by atoms with Crippen LogP contribution in [0.1, 0.15) is 24.0 Å². The number of hydrogen-bond donors (Lipinski definition) is 1. The molecule has 0 saturated carbocycles. The molecule has 0 radical (unpaired) electrons. The lowest BCUT2D eigenvalue weighted by atomic mass is 10.1. The molecule has 1 heterocycles. The maximum atomic E-state index is 12.2. The summed E-state index contributed by atoms with van der Waals surface area (Å²) in [7, 11) is 0. The molecule has 1 saturated heterocycles. The lowest BCUT2D eigenvalue weighted by Gasteiger charge is -2.32. The summed E-state index contributed by atoms with van der Waals surface area (Å²) in [5.74, 6) is 1.03. The number of anilines is 1. The van der Waals surface area contributed by atoms with Crippen LogP contribution in [0.15, 0.2) is 48.5 Å². The van der Waals surface area contributed by atoms with Crippen LogP contribution in [-0.4, -0.2) is 36.5 Å². The number of nitrogens with zero attached hydrogens (tertiary/aromatic N) is 1. The summed E-state index contributed by atoms with van der Waals surface area (Å²) in [5.41, 5.74) is 3.24. The number of ether oxygens (including phenoxy) is 1. The second-order valence-electron chi connectivity index (χ2n) is 6.78. The molecule has 3 rings (SSSR count). The first-order valence-corrected chi connectivity index (χ1v) is 8.91. The number of nitrogens with one attached hydrogen (secondary N) is 1. The van der Waals surface area contributed by atoms with Crippen LogP contribution >= 0.6 is 0 Å². The minimum Gasteiger partial charge on any atom is -0.490 e. The van der Waals surface area contributed by atoms with Gasteiger partial charge in [0.25, 0.3) is 0 Å². The minimum absolute atomic E-state index is 0.0418. The van der Waals surface area contributed by atoms with Gasteiger partial charge in [0, 0.05) is 18.8 Å². The third kappa shape index (κ3) is 5.07. The predicted octanol–water partition coefficient (Wildman–Crippen LogP) is 3.79. The summed E-state index contributed by atoms with van der Waals surface area (Å²) in [4.78, 5) is 14.3. The molecule has 132 valence electrons. The lowest BCUT2D eigenvalue weighted by molar-refractivity contribution is -0.117. The normalized spacial score (nSPS) is 15.8. The Morgan fingerprint density at radius 2 is 1.84 bits per heavy atom. The van der Waals surface area contributed by atoms with Crippen molar-refractivity contribution in [2.24, 2.45) is 0 Å². The maximum absolute atomic E-state index is 12.2. The van der Waals surface area contributed by atoms with Gasteiger partial charge in [-0.3, -0.25) is 9.69 Å². The van der Waals surface area contributed by atoms with Gasteiger partial charge in [0.15, 0.2) is 0 Å². The van der Waals surface area contributed by atoms with Gasteiger partial charge in [-0.15, -0.1) is 0 Å². The fourth-order valence-electron chi connectivity index (χ4n) is 3.12. The zero-order valence-electron chi connectivity index (χ0n) is 15.0. The molecule has 0 aromatic heterocycles. The number of likely N-dealkylation sites (tertiary alicyclic amines) is 1. The molecule has 25 heavy (non-hydrogen) atoms. The Balaban J connectivity index is 1.45. The summed E-state index contributed by atoms with van der Waals surface area (Å²) in [6.45, 7) is 6.37. The van der Waals surface area contributed by atoms with Gasteiger partial charge < -0.3 is 10.1 Å². The first-order valence-electron chi connectivity index (χ1n) is 8.91. The summed E-state index contributed by atoms with van der Waals surface area (Å²) in [6, 6.07) is 15.9. The molecule has 1 fully saturated rings. The van der Waals surface area contributed by atoms with E-state index in [0.29, 0.717) is 6.54 Å². The van der Waals surface area contributed by atoms with Gasteiger partial charge in [-0.05, 0) is 56.0 Å². The number of amides is 1. The molecule has 4 heteroatoms. The van der Waals surface area contributed by atoms with Crippen molar-refractivity contribution in [1.29, 1.82) is 0 Å². The van der Waals surface area contributed by atoms with E-state index in [-0.39, 0.29) is 12.0 Å². The first kappa shape index (κ1) is 17.5. The van der Waals surface area contributed by atoms with Gasteiger partial charge in [-0.25, -0.2) is 0 Å². The van der Waals surface area contributed by atoms with E-state index in [4.69, 9.17) is 4.74 Å². The molecule has 4 nitrogen and oxygen atoms in total. The molecule has 1 N–H and O–H groups in total. The van der Waals surface area contributed by atoms with Gasteiger partial charge in [0.05, 0.1) is 6.54 Å². The zero-order chi connectivity index (χ0) is 17.6. The Labute approximate surface area is 149 Å². The fraction of sp³-hybridized carbons (Fsp3) is 0.381. The van der Waals surface area contributed by atoms with Crippen molar-refractivity contribution in [3.05, 3.63) is 59.7 Å². The first-order chi connectivity index (χ1) is 12.1. The average Bonchev–Trinajstić information content (AvgIpc) is 2.61. The van der Waals surface area contributed by atoms with E-state index < -0.39 is 0 Å². The molecule has 2 aromatic carbocycles. The van der Waals surface area contributed by atoms with Crippen LogP contribution in [-0.2, 0) is 4.79 Å². The molecule has 1 aliphatic rings. The molecule has 0 unspecified atom stereocenters.